The molecule has 104 valence electrons. The highest BCUT2D eigenvalue weighted by Gasteiger charge is 2.16. The standard InChI is InChI=1S/C14H13ClFN3S/c1-8(4-9-2-3-20-7-9)19-13-5-10(15)11(16)6-12(13)18-14(19)17/h2-3,5-8H,4H2,1H3,(H2,17,18). The number of imidazole rings is 1. The number of rotatable bonds is 3. The average molecular weight is 310 g/mol. The molecule has 0 aliphatic rings. The van der Waals surface area contributed by atoms with Gasteiger partial charge in [-0.3, -0.25) is 0 Å². The van der Waals surface area contributed by atoms with Crippen LogP contribution in [-0.2, 0) is 6.42 Å². The lowest BCUT2D eigenvalue weighted by molar-refractivity contribution is 0.567. The fourth-order valence-electron chi connectivity index (χ4n) is 2.41. The molecule has 0 saturated carbocycles. The van der Waals surface area contributed by atoms with Crippen LogP contribution < -0.4 is 5.73 Å². The lowest BCUT2D eigenvalue weighted by atomic mass is 10.1. The second kappa shape index (κ2) is 5.07. The molecular weight excluding hydrogens is 297 g/mol. The molecule has 0 spiro atoms. The van der Waals surface area contributed by atoms with Crippen LogP contribution in [0.1, 0.15) is 18.5 Å². The number of fused-ring (bicyclic) bond motifs is 1. The van der Waals surface area contributed by atoms with Crippen LogP contribution in [0.15, 0.2) is 29.0 Å². The summed E-state index contributed by atoms with van der Waals surface area (Å²) in [5.74, 6) is -0.0984. The molecule has 0 amide bonds. The van der Waals surface area contributed by atoms with Crippen molar-refractivity contribution in [2.24, 2.45) is 0 Å². The van der Waals surface area contributed by atoms with Gasteiger partial charge in [0.15, 0.2) is 0 Å². The molecule has 3 nitrogen and oxygen atoms in total. The summed E-state index contributed by atoms with van der Waals surface area (Å²) in [6.45, 7) is 2.06. The number of nitrogens with zero attached hydrogens (tertiary/aromatic N) is 2. The molecule has 1 atom stereocenters. The van der Waals surface area contributed by atoms with Crippen molar-refractivity contribution < 1.29 is 4.39 Å². The smallest absolute Gasteiger partial charge is 0.201 e. The van der Waals surface area contributed by atoms with Gasteiger partial charge in [-0.1, -0.05) is 11.6 Å². The van der Waals surface area contributed by atoms with Crippen molar-refractivity contribution in [1.82, 2.24) is 9.55 Å². The second-order valence-electron chi connectivity index (χ2n) is 4.78. The highest BCUT2D eigenvalue weighted by Crippen LogP contribution is 2.29. The molecule has 2 N–H and O–H groups in total. The lowest BCUT2D eigenvalue weighted by Crippen LogP contribution is -2.11. The predicted octanol–water partition coefficient (Wildman–Crippen LogP) is 4.28. The summed E-state index contributed by atoms with van der Waals surface area (Å²) in [6, 6.07) is 5.11. The number of anilines is 1. The van der Waals surface area contributed by atoms with E-state index >= 15 is 0 Å². The monoisotopic (exact) mass is 309 g/mol. The maximum absolute atomic E-state index is 13.5. The summed E-state index contributed by atoms with van der Waals surface area (Å²) in [4.78, 5) is 4.21. The average Bonchev–Trinajstić information content (AvgIpc) is 2.97. The number of aromatic nitrogens is 2. The van der Waals surface area contributed by atoms with E-state index in [2.05, 4.69) is 23.4 Å². The Morgan fingerprint density at radius 1 is 1.50 bits per heavy atom. The molecule has 1 unspecified atom stereocenters. The number of nitrogens with two attached hydrogens (primary N) is 1. The van der Waals surface area contributed by atoms with Crippen molar-refractivity contribution in [2.45, 2.75) is 19.4 Å². The van der Waals surface area contributed by atoms with Crippen molar-refractivity contribution in [3.8, 4) is 0 Å². The number of hydrogen-bond acceptors (Lipinski definition) is 3. The van der Waals surface area contributed by atoms with E-state index in [1.807, 2.05) is 9.95 Å². The molecule has 0 aliphatic heterocycles. The van der Waals surface area contributed by atoms with Crippen molar-refractivity contribution in [1.29, 1.82) is 0 Å². The van der Waals surface area contributed by atoms with Crippen molar-refractivity contribution >= 4 is 39.9 Å². The molecule has 6 heteroatoms. The third-order valence-electron chi connectivity index (χ3n) is 3.31. The van der Waals surface area contributed by atoms with Gasteiger partial charge < -0.3 is 10.3 Å². The number of thiophene rings is 1. The summed E-state index contributed by atoms with van der Waals surface area (Å²) in [6.07, 6.45) is 0.841. The molecule has 0 bridgehead atoms. The first kappa shape index (κ1) is 13.4. The van der Waals surface area contributed by atoms with E-state index in [9.17, 15) is 4.39 Å². The summed E-state index contributed by atoms with van der Waals surface area (Å²) >= 11 is 7.53. The molecule has 3 aromatic rings. The third kappa shape index (κ3) is 2.27. The van der Waals surface area contributed by atoms with Crippen LogP contribution in [0.25, 0.3) is 11.0 Å². The Kier molecular flexibility index (Phi) is 3.40. The van der Waals surface area contributed by atoms with E-state index in [0.717, 1.165) is 11.9 Å². The quantitative estimate of drug-likeness (QED) is 0.785. The molecule has 20 heavy (non-hydrogen) atoms. The fraction of sp³-hybridized carbons (Fsp3) is 0.214. The van der Waals surface area contributed by atoms with Crippen molar-refractivity contribution in [3.05, 3.63) is 45.4 Å². The highest BCUT2D eigenvalue weighted by atomic mass is 35.5. The van der Waals surface area contributed by atoms with Gasteiger partial charge in [0.05, 0.1) is 16.1 Å². The number of hydrogen-bond donors (Lipinski definition) is 1. The van der Waals surface area contributed by atoms with Crippen LogP contribution in [0, 0.1) is 5.82 Å². The first-order chi connectivity index (χ1) is 9.56. The summed E-state index contributed by atoms with van der Waals surface area (Å²) < 4.78 is 15.4. The molecule has 3 rings (SSSR count). The van der Waals surface area contributed by atoms with Gasteiger partial charge in [-0.2, -0.15) is 11.3 Å². The first-order valence-corrected chi connectivity index (χ1v) is 7.52. The molecule has 2 heterocycles. The number of benzene rings is 1. The largest absolute Gasteiger partial charge is 0.369 e. The Bertz CT molecular complexity index is 751. The molecule has 1 aromatic carbocycles. The summed E-state index contributed by atoms with van der Waals surface area (Å²) in [7, 11) is 0. The van der Waals surface area contributed by atoms with E-state index in [-0.39, 0.29) is 11.1 Å². The van der Waals surface area contributed by atoms with Crippen LogP contribution in [0.3, 0.4) is 0 Å². The van der Waals surface area contributed by atoms with Gasteiger partial charge in [-0.25, -0.2) is 9.37 Å². The fourth-order valence-corrected chi connectivity index (χ4v) is 3.25. The van der Waals surface area contributed by atoms with Crippen LogP contribution in [0.2, 0.25) is 5.02 Å². The molecule has 0 radical (unpaired) electrons. The van der Waals surface area contributed by atoms with Gasteiger partial charge in [-0.15, -0.1) is 0 Å². The second-order valence-corrected chi connectivity index (χ2v) is 5.97. The Morgan fingerprint density at radius 2 is 2.30 bits per heavy atom. The molecule has 0 saturated heterocycles. The van der Waals surface area contributed by atoms with E-state index < -0.39 is 5.82 Å². The molecule has 2 aromatic heterocycles. The minimum absolute atomic E-state index is 0.0846. The van der Waals surface area contributed by atoms with Crippen LogP contribution in [0.4, 0.5) is 10.3 Å². The Morgan fingerprint density at radius 3 is 3.00 bits per heavy atom. The summed E-state index contributed by atoms with van der Waals surface area (Å²) in [5, 5.41) is 4.24. The van der Waals surface area contributed by atoms with Gasteiger partial charge in [0, 0.05) is 12.1 Å². The zero-order chi connectivity index (χ0) is 14.3. The Hall–Kier alpha value is -1.59. The van der Waals surface area contributed by atoms with Gasteiger partial charge in [0.2, 0.25) is 5.95 Å². The van der Waals surface area contributed by atoms with Gasteiger partial charge in [0.25, 0.3) is 0 Å². The maximum atomic E-state index is 13.5. The Labute approximate surface area is 124 Å². The SMILES string of the molecule is CC(Cc1ccsc1)n1c(N)nc2cc(F)c(Cl)cc21. The van der Waals surface area contributed by atoms with Gasteiger partial charge in [-0.05, 0) is 41.8 Å². The normalized spacial score (nSPS) is 12.9. The minimum atomic E-state index is -0.477. The zero-order valence-corrected chi connectivity index (χ0v) is 12.4. The molecule has 0 fully saturated rings. The minimum Gasteiger partial charge on any atom is -0.369 e. The van der Waals surface area contributed by atoms with Crippen molar-refractivity contribution in [3.63, 3.8) is 0 Å². The lowest BCUT2D eigenvalue weighted by Gasteiger charge is -2.15. The number of nitrogen functional groups attached to an aromatic ring is 1. The van der Waals surface area contributed by atoms with Gasteiger partial charge in [0.1, 0.15) is 5.82 Å². The summed E-state index contributed by atoms with van der Waals surface area (Å²) in [5.41, 5.74) is 8.51. The number of halogens is 2. The van der Waals surface area contributed by atoms with E-state index in [1.165, 1.54) is 11.6 Å². The third-order valence-corrected chi connectivity index (χ3v) is 4.33. The molecule has 0 aliphatic carbocycles. The first-order valence-electron chi connectivity index (χ1n) is 6.20. The van der Waals surface area contributed by atoms with E-state index in [0.29, 0.717) is 11.5 Å². The topological polar surface area (TPSA) is 43.8 Å². The zero-order valence-electron chi connectivity index (χ0n) is 10.8. The predicted molar refractivity (Wildman–Crippen MR) is 81.8 cm³/mol. The molecular formula is C14H13ClFN3S. The van der Waals surface area contributed by atoms with Crippen LogP contribution in [-0.4, -0.2) is 9.55 Å². The van der Waals surface area contributed by atoms with E-state index in [1.54, 1.807) is 17.4 Å². The highest BCUT2D eigenvalue weighted by molar-refractivity contribution is 7.07. The van der Waals surface area contributed by atoms with Crippen molar-refractivity contribution in [2.75, 3.05) is 5.73 Å². The van der Waals surface area contributed by atoms with Crippen LogP contribution >= 0.6 is 22.9 Å². The van der Waals surface area contributed by atoms with E-state index in [4.69, 9.17) is 17.3 Å². The maximum Gasteiger partial charge on any atom is 0.201 e. The Balaban J connectivity index is 2.06. The van der Waals surface area contributed by atoms with Crippen LogP contribution in [0.5, 0.6) is 0 Å². The van der Waals surface area contributed by atoms with Gasteiger partial charge >= 0.3 is 0 Å².